The Morgan fingerprint density at radius 3 is 2.32 bits per heavy atom. The number of amides is 5. The van der Waals surface area contributed by atoms with Crippen molar-refractivity contribution < 1.29 is 33.4 Å². The summed E-state index contributed by atoms with van der Waals surface area (Å²) in [6.07, 6.45) is 3.28. The number of hydrogen-bond donors (Lipinski definition) is 4. The van der Waals surface area contributed by atoms with Crippen LogP contribution in [0.5, 0.6) is 5.75 Å². The first-order chi connectivity index (χ1) is 21.5. The number of nitrogens with zero attached hydrogens (tertiary/aromatic N) is 2. The average molecular weight is 635 g/mol. The maximum Gasteiger partial charge on any atom is 0.315 e. The number of nitrogens with one attached hydrogen (secondary N) is 4. The minimum absolute atomic E-state index is 0.0101. The van der Waals surface area contributed by atoms with E-state index < -0.39 is 0 Å². The van der Waals surface area contributed by atoms with Gasteiger partial charge in [-0.05, 0) is 25.0 Å². The normalized spacial score (nSPS) is 21.3. The molecule has 0 aliphatic carbocycles. The van der Waals surface area contributed by atoms with Crippen molar-refractivity contribution in [3.05, 3.63) is 30.3 Å². The molecule has 0 spiro atoms. The predicted molar refractivity (Wildman–Crippen MR) is 167 cm³/mol. The number of ether oxygens (including phenoxy) is 3. The molecule has 0 unspecified atom stereocenters. The summed E-state index contributed by atoms with van der Waals surface area (Å²) in [6.45, 7) is 5.20. The van der Waals surface area contributed by atoms with Gasteiger partial charge < -0.3 is 40.4 Å². The zero-order valence-corrected chi connectivity index (χ0v) is 26.1. The van der Waals surface area contributed by atoms with Gasteiger partial charge in [-0.2, -0.15) is 11.8 Å². The van der Waals surface area contributed by atoms with Crippen molar-refractivity contribution in [3.63, 3.8) is 0 Å². The van der Waals surface area contributed by atoms with E-state index in [1.54, 1.807) is 4.90 Å². The van der Waals surface area contributed by atoms with Gasteiger partial charge in [-0.1, -0.05) is 24.6 Å². The third kappa shape index (κ3) is 11.8. The second kappa shape index (κ2) is 18.7. The summed E-state index contributed by atoms with van der Waals surface area (Å²) in [4.78, 5) is 51.9. The van der Waals surface area contributed by atoms with E-state index in [1.165, 1.54) is 0 Å². The van der Waals surface area contributed by atoms with E-state index in [0.717, 1.165) is 25.0 Å². The Kier molecular flexibility index (Phi) is 14.3. The van der Waals surface area contributed by atoms with Gasteiger partial charge in [0.25, 0.3) is 5.91 Å². The van der Waals surface area contributed by atoms with Crippen molar-refractivity contribution in [3.8, 4) is 5.75 Å². The van der Waals surface area contributed by atoms with E-state index in [-0.39, 0.29) is 49.0 Å². The van der Waals surface area contributed by atoms with Crippen LogP contribution >= 0.6 is 11.8 Å². The first kappa shape index (κ1) is 33.8. The van der Waals surface area contributed by atoms with Crippen molar-refractivity contribution in [2.45, 2.75) is 43.0 Å². The predicted octanol–water partition coefficient (Wildman–Crippen LogP) is 0.201. The Hall–Kier alpha value is -3.07. The fraction of sp³-hybridized carbons (Fsp3) is 0.667. The first-order valence-electron chi connectivity index (χ1n) is 15.5. The Labute approximate surface area is 263 Å². The van der Waals surface area contributed by atoms with Crippen molar-refractivity contribution in [1.29, 1.82) is 0 Å². The molecule has 3 aliphatic heterocycles. The van der Waals surface area contributed by atoms with E-state index in [1.807, 2.05) is 47.0 Å². The van der Waals surface area contributed by atoms with Gasteiger partial charge >= 0.3 is 6.03 Å². The molecule has 4 N–H and O–H groups in total. The van der Waals surface area contributed by atoms with E-state index in [9.17, 15) is 19.2 Å². The van der Waals surface area contributed by atoms with Crippen LogP contribution in [0, 0.1) is 0 Å². The van der Waals surface area contributed by atoms with Crippen molar-refractivity contribution in [2.75, 3.05) is 84.6 Å². The van der Waals surface area contributed by atoms with Gasteiger partial charge in [0.1, 0.15) is 5.75 Å². The number of hydrogen-bond acceptors (Lipinski definition) is 9. The SMILES string of the molecule is O=C(CCCC[C@@H]1SC[C@@H]2NC(=O)N[C@@H]21)NCCOCCOCCNC(=O)CN1CCN(C(=O)COc2ccccc2)CC1. The summed E-state index contributed by atoms with van der Waals surface area (Å²) >= 11 is 1.89. The van der Waals surface area contributed by atoms with Gasteiger partial charge in [0, 0.05) is 56.7 Å². The molecule has 3 aliphatic rings. The smallest absolute Gasteiger partial charge is 0.315 e. The lowest BCUT2D eigenvalue weighted by Gasteiger charge is -2.34. The van der Waals surface area contributed by atoms with Gasteiger partial charge in [-0.3, -0.25) is 19.3 Å². The topological polar surface area (TPSA) is 151 Å². The van der Waals surface area contributed by atoms with Gasteiger partial charge in [0.15, 0.2) is 6.61 Å². The molecule has 0 saturated carbocycles. The zero-order chi connectivity index (χ0) is 31.0. The summed E-state index contributed by atoms with van der Waals surface area (Å²) < 4.78 is 16.6. The molecule has 0 aromatic heterocycles. The lowest BCUT2D eigenvalue weighted by Crippen LogP contribution is -2.52. The minimum Gasteiger partial charge on any atom is -0.484 e. The lowest BCUT2D eigenvalue weighted by atomic mass is 10.0. The Morgan fingerprint density at radius 1 is 0.886 bits per heavy atom. The molecular weight excluding hydrogens is 588 g/mol. The van der Waals surface area contributed by atoms with E-state index in [2.05, 4.69) is 21.3 Å². The number of piperazine rings is 1. The highest BCUT2D eigenvalue weighted by Crippen LogP contribution is 2.33. The molecule has 3 saturated heterocycles. The molecule has 0 radical (unpaired) electrons. The highest BCUT2D eigenvalue weighted by Gasteiger charge is 2.42. The summed E-state index contributed by atoms with van der Waals surface area (Å²) in [7, 11) is 0. The number of urea groups is 1. The van der Waals surface area contributed by atoms with Gasteiger partial charge in [-0.15, -0.1) is 0 Å². The van der Waals surface area contributed by atoms with E-state index in [0.29, 0.717) is 83.1 Å². The third-order valence-electron chi connectivity index (χ3n) is 7.79. The van der Waals surface area contributed by atoms with Crippen LogP contribution in [0.3, 0.4) is 0 Å². The van der Waals surface area contributed by atoms with Crippen molar-refractivity contribution >= 4 is 35.5 Å². The number of carbonyl (C=O) groups excluding carboxylic acids is 4. The molecule has 1 aromatic carbocycles. The molecule has 13 nitrogen and oxygen atoms in total. The van der Waals surface area contributed by atoms with Crippen LogP contribution in [0.15, 0.2) is 30.3 Å². The quantitative estimate of drug-likeness (QED) is 0.124. The fourth-order valence-electron chi connectivity index (χ4n) is 5.38. The van der Waals surface area contributed by atoms with Crippen LogP contribution in [-0.2, 0) is 23.9 Å². The second-order valence-electron chi connectivity index (χ2n) is 11.1. The zero-order valence-electron chi connectivity index (χ0n) is 25.3. The number of rotatable bonds is 19. The van der Waals surface area contributed by atoms with Crippen LogP contribution in [0.2, 0.25) is 0 Å². The van der Waals surface area contributed by atoms with Crippen LogP contribution < -0.4 is 26.0 Å². The maximum atomic E-state index is 12.4. The van der Waals surface area contributed by atoms with Crippen LogP contribution in [0.25, 0.3) is 0 Å². The fourth-order valence-corrected chi connectivity index (χ4v) is 6.92. The Bertz CT molecular complexity index is 1060. The molecule has 5 amide bonds. The average Bonchev–Trinajstić information content (AvgIpc) is 3.59. The number of benzene rings is 1. The number of para-hydroxylation sites is 1. The molecule has 0 bridgehead atoms. The van der Waals surface area contributed by atoms with Gasteiger partial charge in [-0.25, -0.2) is 4.79 Å². The molecule has 3 fully saturated rings. The standard InChI is InChI=1S/C30H46N6O7S/c37-26(9-5-4-8-25-29-24(22-44-25)33-30(40)34-29)31-10-16-41-18-19-42-17-11-32-27(38)20-35-12-14-36(15-13-35)28(39)21-43-23-6-2-1-3-7-23/h1-3,6-7,24-25,29H,4-5,8-22H2,(H,31,37)(H,32,38)(H2,33,34,40)/t24-,25-,29-/m0/s1. The second-order valence-corrected chi connectivity index (χ2v) is 12.3. The number of carbonyl (C=O) groups is 4. The van der Waals surface area contributed by atoms with Crippen LogP contribution in [0.4, 0.5) is 4.79 Å². The van der Waals surface area contributed by atoms with Gasteiger partial charge in [0.05, 0.1) is 45.1 Å². The maximum absolute atomic E-state index is 12.4. The first-order valence-corrected chi connectivity index (χ1v) is 16.6. The van der Waals surface area contributed by atoms with Crippen LogP contribution in [0.1, 0.15) is 25.7 Å². The van der Waals surface area contributed by atoms with Crippen molar-refractivity contribution in [2.24, 2.45) is 0 Å². The van der Waals surface area contributed by atoms with E-state index >= 15 is 0 Å². The van der Waals surface area contributed by atoms with Crippen molar-refractivity contribution in [1.82, 2.24) is 31.1 Å². The third-order valence-corrected chi connectivity index (χ3v) is 9.30. The highest BCUT2D eigenvalue weighted by molar-refractivity contribution is 8.00. The molecule has 44 heavy (non-hydrogen) atoms. The molecule has 1 aromatic rings. The molecular formula is C30H46N6O7S. The largest absolute Gasteiger partial charge is 0.484 e. The number of thioether (sulfide) groups is 1. The molecule has 3 atom stereocenters. The summed E-state index contributed by atoms with van der Waals surface area (Å²) in [5, 5.41) is 12.1. The molecule has 244 valence electrons. The highest BCUT2D eigenvalue weighted by atomic mass is 32.2. The molecule has 14 heteroatoms. The Morgan fingerprint density at radius 2 is 1.59 bits per heavy atom. The summed E-state index contributed by atoms with van der Waals surface area (Å²) in [6, 6.07) is 9.65. The van der Waals surface area contributed by atoms with E-state index in [4.69, 9.17) is 14.2 Å². The minimum atomic E-state index is -0.0709. The number of fused-ring (bicyclic) bond motifs is 1. The monoisotopic (exact) mass is 634 g/mol. The number of unbranched alkanes of at least 4 members (excludes halogenated alkanes) is 1. The summed E-state index contributed by atoms with van der Waals surface area (Å²) in [5.41, 5.74) is 0. The van der Waals surface area contributed by atoms with Crippen LogP contribution in [-0.4, -0.2) is 135 Å². The molecule has 4 rings (SSSR count). The summed E-state index contributed by atoms with van der Waals surface area (Å²) in [5.74, 6) is 1.52. The lowest BCUT2D eigenvalue weighted by molar-refractivity contribution is -0.135. The molecule has 3 heterocycles. The van der Waals surface area contributed by atoms with Gasteiger partial charge in [0.2, 0.25) is 11.8 Å². The Balaban J connectivity index is 0.895.